The van der Waals surface area contributed by atoms with Crippen molar-refractivity contribution in [2.75, 3.05) is 31.1 Å². The van der Waals surface area contributed by atoms with Crippen molar-refractivity contribution in [1.29, 1.82) is 0 Å². The summed E-state index contributed by atoms with van der Waals surface area (Å²) < 4.78 is 5.72. The topological polar surface area (TPSA) is 66.0 Å². The Morgan fingerprint density at radius 1 is 1.22 bits per heavy atom. The van der Waals surface area contributed by atoms with Gasteiger partial charge in [0.25, 0.3) is 5.91 Å². The minimum absolute atomic E-state index is 0.0641. The van der Waals surface area contributed by atoms with Crippen LogP contribution in [-0.4, -0.2) is 64.9 Å². The molecule has 0 saturated carbocycles. The molecule has 0 bridgehead atoms. The molecule has 2 atom stereocenters. The molecule has 170 valence electrons. The highest BCUT2D eigenvalue weighted by molar-refractivity contribution is 6.00. The van der Waals surface area contributed by atoms with Gasteiger partial charge in [-0.25, -0.2) is 0 Å². The Hall–Kier alpha value is -2.93. The number of benzene rings is 1. The highest BCUT2D eigenvalue weighted by Gasteiger charge is 2.32. The molecule has 7 heteroatoms. The number of anilines is 1. The summed E-state index contributed by atoms with van der Waals surface area (Å²) in [6.07, 6.45) is 5.53. The van der Waals surface area contributed by atoms with Crippen LogP contribution in [0.25, 0.3) is 0 Å². The predicted molar refractivity (Wildman–Crippen MR) is 123 cm³/mol. The number of likely N-dealkylation sites (N-methyl/N-ethyl adjacent to an activating group) is 1. The molecule has 2 aliphatic heterocycles. The van der Waals surface area contributed by atoms with Crippen LogP contribution in [0.15, 0.2) is 48.8 Å². The molecule has 2 amide bonds. The van der Waals surface area contributed by atoms with E-state index in [9.17, 15) is 9.59 Å². The van der Waals surface area contributed by atoms with E-state index in [-0.39, 0.29) is 18.2 Å². The Morgan fingerprint density at radius 2 is 2.00 bits per heavy atom. The molecular weight excluding hydrogens is 404 g/mol. The van der Waals surface area contributed by atoms with E-state index in [1.165, 1.54) is 6.42 Å². The fourth-order valence-electron chi connectivity index (χ4n) is 4.69. The van der Waals surface area contributed by atoms with Crippen LogP contribution >= 0.6 is 0 Å². The molecule has 2 aromatic rings. The van der Waals surface area contributed by atoms with Crippen LogP contribution in [0.3, 0.4) is 0 Å². The Kier molecular flexibility index (Phi) is 7.05. The summed E-state index contributed by atoms with van der Waals surface area (Å²) >= 11 is 0. The van der Waals surface area contributed by atoms with Crippen LogP contribution in [0.5, 0.6) is 5.75 Å². The molecule has 32 heavy (non-hydrogen) atoms. The Bertz CT molecular complexity index is 936. The largest absolute Gasteiger partial charge is 0.479 e. The van der Waals surface area contributed by atoms with E-state index < -0.39 is 6.10 Å². The van der Waals surface area contributed by atoms with E-state index in [0.717, 1.165) is 30.8 Å². The van der Waals surface area contributed by atoms with Gasteiger partial charge < -0.3 is 14.5 Å². The molecule has 1 aromatic carbocycles. The number of carbonyl (C=O) groups excluding carboxylic acids is 2. The number of hydrogen-bond acceptors (Lipinski definition) is 5. The van der Waals surface area contributed by atoms with Crippen LogP contribution in [0, 0.1) is 0 Å². The van der Waals surface area contributed by atoms with Gasteiger partial charge in [-0.2, -0.15) is 0 Å². The highest BCUT2D eigenvalue weighted by atomic mass is 16.5. The maximum absolute atomic E-state index is 13.4. The van der Waals surface area contributed by atoms with Gasteiger partial charge >= 0.3 is 0 Å². The van der Waals surface area contributed by atoms with Gasteiger partial charge in [0.1, 0.15) is 5.75 Å². The minimum atomic E-state index is -0.551. The Balaban J connectivity index is 1.47. The maximum atomic E-state index is 13.4. The van der Waals surface area contributed by atoms with Crippen LogP contribution in [0.4, 0.5) is 5.69 Å². The third-order valence-electron chi connectivity index (χ3n) is 6.43. The van der Waals surface area contributed by atoms with Crippen LogP contribution in [-0.2, 0) is 16.1 Å². The van der Waals surface area contributed by atoms with E-state index in [1.54, 1.807) is 24.2 Å². The molecule has 3 heterocycles. The average Bonchev–Trinajstić information content (AvgIpc) is 3.26. The number of nitrogens with zero attached hydrogens (tertiary/aromatic N) is 4. The van der Waals surface area contributed by atoms with Crippen LogP contribution in [0.1, 0.15) is 38.7 Å². The zero-order valence-electron chi connectivity index (χ0n) is 18.9. The van der Waals surface area contributed by atoms with Crippen molar-refractivity contribution in [2.24, 2.45) is 0 Å². The number of likely N-dealkylation sites (tertiary alicyclic amines) is 1. The lowest BCUT2D eigenvalue weighted by Gasteiger charge is -2.34. The second kappa shape index (κ2) is 10.1. The van der Waals surface area contributed by atoms with Crippen molar-refractivity contribution >= 4 is 17.5 Å². The minimum Gasteiger partial charge on any atom is -0.479 e. The summed E-state index contributed by atoms with van der Waals surface area (Å²) in [5.74, 6) is 0.643. The smallest absolute Gasteiger partial charge is 0.267 e. The first-order valence-electron chi connectivity index (χ1n) is 11.5. The van der Waals surface area contributed by atoms with Crippen molar-refractivity contribution in [1.82, 2.24) is 14.8 Å². The predicted octanol–water partition coefficient (Wildman–Crippen LogP) is 3.10. The third-order valence-corrected chi connectivity index (χ3v) is 6.43. The number of rotatable bonds is 8. The third kappa shape index (κ3) is 4.93. The van der Waals surface area contributed by atoms with Gasteiger partial charge in [0.05, 0.1) is 5.69 Å². The number of aromatic nitrogens is 1. The molecule has 2 unspecified atom stereocenters. The van der Waals surface area contributed by atoms with E-state index in [2.05, 4.69) is 16.8 Å². The number of ether oxygens (including phenoxy) is 1. The highest BCUT2D eigenvalue weighted by Crippen LogP contribution is 2.33. The van der Waals surface area contributed by atoms with E-state index in [4.69, 9.17) is 4.74 Å². The first kappa shape index (κ1) is 22.3. The molecule has 1 saturated heterocycles. The molecular formula is C25H32N4O3. The summed E-state index contributed by atoms with van der Waals surface area (Å²) in [7, 11) is 0. The maximum Gasteiger partial charge on any atom is 0.267 e. The normalized spacial score (nSPS) is 20.7. The zero-order chi connectivity index (χ0) is 22.5. The first-order chi connectivity index (χ1) is 15.6. The van der Waals surface area contributed by atoms with Gasteiger partial charge in [0.15, 0.2) is 6.10 Å². The zero-order valence-corrected chi connectivity index (χ0v) is 18.9. The molecule has 2 aliphatic rings. The first-order valence-corrected chi connectivity index (χ1v) is 11.5. The van der Waals surface area contributed by atoms with Crippen LogP contribution in [0.2, 0.25) is 0 Å². The Morgan fingerprint density at radius 3 is 2.78 bits per heavy atom. The number of para-hydroxylation sites is 2. The van der Waals surface area contributed by atoms with Crippen molar-refractivity contribution in [3.8, 4) is 5.75 Å². The van der Waals surface area contributed by atoms with Gasteiger partial charge in [-0.3, -0.25) is 19.5 Å². The van der Waals surface area contributed by atoms with E-state index >= 15 is 0 Å². The summed E-state index contributed by atoms with van der Waals surface area (Å²) in [5, 5.41) is 0. The Labute approximate surface area is 190 Å². The number of carbonyl (C=O) groups is 2. The second-order valence-corrected chi connectivity index (χ2v) is 8.52. The average molecular weight is 437 g/mol. The molecule has 7 nitrogen and oxygen atoms in total. The number of hydrogen-bond donors (Lipinski definition) is 0. The van der Waals surface area contributed by atoms with Gasteiger partial charge in [-0.15, -0.1) is 0 Å². The van der Waals surface area contributed by atoms with Gasteiger partial charge in [0, 0.05) is 44.5 Å². The molecule has 1 aromatic heterocycles. The summed E-state index contributed by atoms with van der Waals surface area (Å²) in [6, 6.07) is 11.8. The fourth-order valence-corrected chi connectivity index (χ4v) is 4.69. The number of fused-ring (bicyclic) bond motifs is 1. The molecule has 0 spiro atoms. The summed E-state index contributed by atoms with van der Waals surface area (Å²) in [4.78, 5) is 36.4. The summed E-state index contributed by atoms with van der Waals surface area (Å²) in [5.41, 5.74) is 1.80. The lowest BCUT2D eigenvalue weighted by molar-refractivity contribution is -0.132. The van der Waals surface area contributed by atoms with Crippen LogP contribution < -0.4 is 9.64 Å². The molecule has 1 fully saturated rings. The van der Waals surface area contributed by atoms with Crippen molar-refractivity contribution in [3.05, 3.63) is 54.4 Å². The summed E-state index contributed by atoms with van der Waals surface area (Å²) in [6.45, 7) is 7.63. The quantitative estimate of drug-likeness (QED) is 0.636. The van der Waals surface area contributed by atoms with E-state index in [0.29, 0.717) is 31.4 Å². The van der Waals surface area contributed by atoms with Gasteiger partial charge in [0.2, 0.25) is 5.91 Å². The van der Waals surface area contributed by atoms with Gasteiger partial charge in [-0.05, 0) is 62.7 Å². The molecule has 0 N–H and O–H groups in total. The monoisotopic (exact) mass is 436 g/mol. The number of pyridine rings is 1. The lowest BCUT2D eigenvalue weighted by Crippen LogP contribution is -2.47. The molecule has 4 rings (SSSR count). The standard InChI is InChI=1S/C25H32N4O3/c1-3-27-15-6-7-21(27)18-28(17-20-10-13-26-14-11-20)24(30)12-16-29-22-8-4-5-9-23(22)32-19(2)25(29)31/h4-5,8-11,13-14,19,21H,3,6-7,12,15-18H2,1-2H3. The van der Waals surface area contributed by atoms with Crippen molar-refractivity contribution in [2.45, 2.75) is 51.8 Å². The van der Waals surface area contributed by atoms with Gasteiger partial charge in [-0.1, -0.05) is 19.1 Å². The van der Waals surface area contributed by atoms with E-state index in [1.807, 2.05) is 41.3 Å². The molecule has 0 radical (unpaired) electrons. The SMILES string of the molecule is CCN1CCCC1CN(Cc1ccncc1)C(=O)CCN1C(=O)C(C)Oc2ccccc21. The number of amides is 2. The van der Waals surface area contributed by atoms with Crippen molar-refractivity contribution in [3.63, 3.8) is 0 Å². The fraction of sp³-hybridized carbons (Fsp3) is 0.480. The molecule has 0 aliphatic carbocycles. The second-order valence-electron chi connectivity index (χ2n) is 8.52. The van der Waals surface area contributed by atoms with Crippen molar-refractivity contribution < 1.29 is 14.3 Å². The lowest BCUT2D eigenvalue weighted by atomic mass is 10.1.